The zero-order valence-electron chi connectivity index (χ0n) is 14.9. The Morgan fingerprint density at radius 2 is 1.78 bits per heavy atom. The molecular formula is C20H23NO6. The topological polar surface area (TPSA) is 108 Å². The molecule has 1 aliphatic heterocycles. The highest BCUT2D eigenvalue weighted by atomic mass is 16.7. The Labute approximate surface area is 157 Å². The van der Waals surface area contributed by atoms with Gasteiger partial charge in [0.2, 0.25) is 0 Å². The van der Waals surface area contributed by atoms with E-state index in [4.69, 9.17) is 9.47 Å². The molecule has 7 heteroatoms. The van der Waals surface area contributed by atoms with E-state index in [-0.39, 0.29) is 0 Å². The van der Waals surface area contributed by atoms with E-state index in [1.807, 2.05) is 36.4 Å². The Hall–Kier alpha value is -2.29. The van der Waals surface area contributed by atoms with Crippen molar-refractivity contribution in [1.82, 2.24) is 5.32 Å². The summed E-state index contributed by atoms with van der Waals surface area (Å²) in [6, 6.07) is 15.7. The van der Waals surface area contributed by atoms with Crippen LogP contribution in [-0.4, -0.2) is 65.6 Å². The molecule has 7 nitrogen and oxygen atoms in total. The molecule has 2 aromatic rings. The monoisotopic (exact) mass is 373 g/mol. The summed E-state index contributed by atoms with van der Waals surface area (Å²) >= 11 is 0. The van der Waals surface area contributed by atoms with Crippen LogP contribution in [0.3, 0.4) is 0 Å². The zero-order chi connectivity index (χ0) is 19.4. The van der Waals surface area contributed by atoms with Crippen molar-refractivity contribution in [1.29, 1.82) is 0 Å². The SMILES string of the molecule is CO[C@H]1O[C@H](CO)[C@@H](O)[C@H](O)[C@@H]1NC(=O)c1cccc(-c2ccccc2)c1. The molecule has 1 amide bonds. The summed E-state index contributed by atoms with van der Waals surface area (Å²) in [5.74, 6) is -0.433. The number of aliphatic hydroxyl groups excluding tert-OH is 3. The maximum Gasteiger partial charge on any atom is 0.251 e. The van der Waals surface area contributed by atoms with Crippen molar-refractivity contribution in [2.75, 3.05) is 13.7 Å². The van der Waals surface area contributed by atoms with Crippen molar-refractivity contribution in [2.45, 2.75) is 30.6 Å². The first-order valence-corrected chi connectivity index (χ1v) is 8.66. The van der Waals surface area contributed by atoms with Gasteiger partial charge in [0.1, 0.15) is 24.4 Å². The van der Waals surface area contributed by atoms with Crippen LogP contribution in [0.1, 0.15) is 10.4 Å². The summed E-state index contributed by atoms with van der Waals surface area (Å²) in [7, 11) is 1.36. The number of ether oxygens (including phenoxy) is 2. The third-order valence-electron chi connectivity index (χ3n) is 4.64. The number of nitrogens with one attached hydrogen (secondary N) is 1. The van der Waals surface area contributed by atoms with Gasteiger partial charge in [-0.1, -0.05) is 42.5 Å². The molecule has 0 unspecified atom stereocenters. The Morgan fingerprint density at radius 1 is 1.07 bits per heavy atom. The van der Waals surface area contributed by atoms with Crippen LogP contribution in [0.25, 0.3) is 11.1 Å². The highest BCUT2D eigenvalue weighted by molar-refractivity contribution is 5.95. The fourth-order valence-electron chi connectivity index (χ4n) is 3.14. The van der Waals surface area contributed by atoms with E-state index < -0.39 is 43.2 Å². The van der Waals surface area contributed by atoms with Gasteiger partial charge in [-0.15, -0.1) is 0 Å². The summed E-state index contributed by atoms with van der Waals surface area (Å²) in [6.45, 7) is -0.474. The normalized spacial score (nSPS) is 27.9. The summed E-state index contributed by atoms with van der Waals surface area (Å²) in [5, 5.41) is 32.3. The van der Waals surface area contributed by atoms with Crippen LogP contribution in [0.5, 0.6) is 0 Å². The minimum absolute atomic E-state index is 0.400. The molecule has 0 saturated carbocycles. The fourth-order valence-corrected chi connectivity index (χ4v) is 3.14. The van der Waals surface area contributed by atoms with Crippen LogP contribution in [0.2, 0.25) is 0 Å². The van der Waals surface area contributed by atoms with Crippen molar-refractivity contribution < 1.29 is 29.6 Å². The average Bonchev–Trinajstić information content (AvgIpc) is 2.72. The maximum absolute atomic E-state index is 12.7. The quantitative estimate of drug-likeness (QED) is 0.609. The largest absolute Gasteiger partial charge is 0.394 e. The number of amides is 1. The fraction of sp³-hybridized carbons (Fsp3) is 0.350. The first-order chi connectivity index (χ1) is 13.0. The van der Waals surface area contributed by atoms with Gasteiger partial charge >= 0.3 is 0 Å². The highest BCUT2D eigenvalue weighted by Crippen LogP contribution is 2.23. The van der Waals surface area contributed by atoms with E-state index in [1.165, 1.54) is 7.11 Å². The number of rotatable bonds is 5. The summed E-state index contributed by atoms with van der Waals surface area (Å²) in [5.41, 5.74) is 2.26. The second kappa shape index (κ2) is 8.60. The molecule has 5 atom stereocenters. The van der Waals surface area contributed by atoms with Crippen molar-refractivity contribution in [3.8, 4) is 11.1 Å². The minimum atomic E-state index is -1.35. The van der Waals surface area contributed by atoms with Crippen LogP contribution in [0.15, 0.2) is 54.6 Å². The van der Waals surface area contributed by atoms with Gasteiger partial charge < -0.3 is 30.1 Å². The van der Waals surface area contributed by atoms with Gasteiger partial charge in [-0.25, -0.2) is 0 Å². The predicted molar refractivity (Wildman–Crippen MR) is 97.9 cm³/mol. The van der Waals surface area contributed by atoms with Crippen molar-refractivity contribution in [3.63, 3.8) is 0 Å². The first kappa shape index (κ1) is 19.5. The van der Waals surface area contributed by atoms with Gasteiger partial charge in [0.25, 0.3) is 5.91 Å². The number of carbonyl (C=O) groups is 1. The van der Waals surface area contributed by atoms with Crippen LogP contribution < -0.4 is 5.32 Å². The molecule has 27 heavy (non-hydrogen) atoms. The van der Waals surface area contributed by atoms with E-state index in [1.54, 1.807) is 18.2 Å². The van der Waals surface area contributed by atoms with Crippen molar-refractivity contribution in [3.05, 3.63) is 60.2 Å². The Balaban J connectivity index is 1.78. The molecule has 144 valence electrons. The van der Waals surface area contributed by atoms with E-state index >= 15 is 0 Å². The lowest BCUT2D eigenvalue weighted by atomic mass is 9.96. The minimum Gasteiger partial charge on any atom is -0.394 e. The predicted octanol–water partition coefficient (Wildman–Crippen LogP) is 0.537. The lowest BCUT2D eigenvalue weighted by molar-refractivity contribution is -0.261. The second-order valence-corrected chi connectivity index (χ2v) is 6.39. The molecule has 0 radical (unpaired) electrons. The lowest BCUT2D eigenvalue weighted by Crippen LogP contribution is -2.64. The standard InChI is InChI=1S/C20H23NO6/c1-26-20-16(18(24)17(23)15(11-22)27-20)21-19(25)14-9-5-8-13(10-14)12-6-3-2-4-7-12/h2-10,15-18,20,22-24H,11H2,1H3,(H,21,25)/t15-,16+,17-,18-,20+/m1/s1. The summed E-state index contributed by atoms with van der Waals surface area (Å²) in [6.07, 6.45) is -4.68. The zero-order valence-corrected chi connectivity index (χ0v) is 14.9. The molecule has 0 spiro atoms. The van der Waals surface area contributed by atoms with Gasteiger partial charge in [0.05, 0.1) is 6.61 Å². The van der Waals surface area contributed by atoms with E-state index in [9.17, 15) is 20.1 Å². The van der Waals surface area contributed by atoms with Crippen LogP contribution >= 0.6 is 0 Å². The number of methoxy groups -OCH3 is 1. The van der Waals surface area contributed by atoms with E-state index in [0.29, 0.717) is 5.56 Å². The summed E-state index contributed by atoms with van der Waals surface area (Å²) < 4.78 is 10.6. The number of hydrogen-bond donors (Lipinski definition) is 4. The maximum atomic E-state index is 12.7. The Bertz CT molecular complexity index is 766. The van der Waals surface area contributed by atoms with Crippen LogP contribution in [0.4, 0.5) is 0 Å². The number of hydrogen-bond acceptors (Lipinski definition) is 6. The Kier molecular flexibility index (Phi) is 6.20. The van der Waals surface area contributed by atoms with Crippen LogP contribution in [-0.2, 0) is 9.47 Å². The molecule has 0 aliphatic carbocycles. The van der Waals surface area contributed by atoms with Crippen LogP contribution in [0, 0.1) is 0 Å². The first-order valence-electron chi connectivity index (χ1n) is 8.66. The molecule has 1 heterocycles. The van der Waals surface area contributed by atoms with E-state index in [2.05, 4.69) is 5.32 Å². The molecule has 0 bridgehead atoms. The highest BCUT2D eigenvalue weighted by Gasteiger charge is 2.45. The molecule has 1 fully saturated rings. The second-order valence-electron chi connectivity index (χ2n) is 6.39. The van der Waals surface area contributed by atoms with Gasteiger partial charge in [-0.3, -0.25) is 4.79 Å². The molecule has 1 saturated heterocycles. The van der Waals surface area contributed by atoms with Gasteiger partial charge in [-0.2, -0.15) is 0 Å². The Morgan fingerprint density at radius 3 is 2.44 bits per heavy atom. The molecule has 1 aliphatic rings. The van der Waals surface area contributed by atoms with E-state index in [0.717, 1.165) is 11.1 Å². The molecule has 0 aromatic heterocycles. The smallest absolute Gasteiger partial charge is 0.251 e. The number of benzene rings is 2. The van der Waals surface area contributed by atoms with Crippen molar-refractivity contribution >= 4 is 5.91 Å². The molecule has 2 aromatic carbocycles. The van der Waals surface area contributed by atoms with Gasteiger partial charge in [0, 0.05) is 12.7 Å². The number of carbonyl (C=O) groups excluding carboxylic acids is 1. The van der Waals surface area contributed by atoms with Gasteiger partial charge in [-0.05, 0) is 23.3 Å². The molecule has 4 N–H and O–H groups in total. The van der Waals surface area contributed by atoms with Crippen molar-refractivity contribution in [2.24, 2.45) is 0 Å². The summed E-state index contributed by atoms with van der Waals surface area (Å²) in [4.78, 5) is 12.7. The third-order valence-corrected chi connectivity index (χ3v) is 4.64. The third kappa shape index (κ3) is 4.18. The molecule has 3 rings (SSSR count). The average molecular weight is 373 g/mol. The lowest BCUT2D eigenvalue weighted by Gasteiger charge is -2.41. The molecular weight excluding hydrogens is 350 g/mol. The van der Waals surface area contributed by atoms with Gasteiger partial charge in [0.15, 0.2) is 6.29 Å². The number of aliphatic hydroxyl groups is 3.